The van der Waals surface area contributed by atoms with Gasteiger partial charge in [0.25, 0.3) is 0 Å². The monoisotopic (exact) mass is 396 g/mol. The predicted octanol–water partition coefficient (Wildman–Crippen LogP) is 2.74. The number of halogens is 1. The average Bonchev–Trinajstić information content (AvgIpc) is 2.69. The van der Waals surface area contributed by atoms with Crippen LogP contribution in [0.3, 0.4) is 0 Å². The van der Waals surface area contributed by atoms with Crippen LogP contribution < -0.4 is 9.47 Å². The van der Waals surface area contributed by atoms with Gasteiger partial charge in [0.15, 0.2) is 11.6 Å². The van der Waals surface area contributed by atoms with E-state index in [9.17, 15) is 4.39 Å². The van der Waals surface area contributed by atoms with Gasteiger partial charge in [-0.25, -0.2) is 4.39 Å². The number of hydrogen-bond acceptors (Lipinski definition) is 7. The summed E-state index contributed by atoms with van der Waals surface area (Å²) in [5.74, 6) is 0.0801. The molecule has 2 N–H and O–H groups in total. The normalized spacial score (nSPS) is 10.8. The first kappa shape index (κ1) is 21.7. The van der Waals surface area contributed by atoms with Crippen LogP contribution in [0.2, 0.25) is 0 Å². The van der Waals surface area contributed by atoms with E-state index in [1.807, 2.05) is 0 Å². The van der Waals surface area contributed by atoms with Gasteiger partial charge in [0.05, 0.1) is 39.6 Å². The van der Waals surface area contributed by atoms with E-state index in [2.05, 4.69) is 0 Å². The number of rotatable bonds is 14. The fraction of sp³-hybridized carbons (Fsp3) is 0.400. The quantitative estimate of drug-likeness (QED) is 0.475. The maximum Gasteiger partial charge on any atom is 0.168 e. The van der Waals surface area contributed by atoms with Crippen LogP contribution >= 0.6 is 0 Å². The van der Waals surface area contributed by atoms with E-state index in [1.54, 1.807) is 24.3 Å². The molecule has 0 spiro atoms. The van der Waals surface area contributed by atoms with Crippen molar-refractivity contribution >= 4 is 0 Å². The molecular weight excluding hydrogens is 371 g/mol. The van der Waals surface area contributed by atoms with Gasteiger partial charge in [-0.05, 0) is 36.4 Å². The third-order valence-corrected chi connectivity index (χ3v) is 3.49. The zero-order valence-corrected chi connectivity index (χ0v) is 15.5. The van der Waals surface area contributed by atoms with Crippen molar-refractivity contribution in [1.82, 2.24) is 0 Å². The Bertz CT molecular complexity index is 679. The molecule has 0 heterocycles. The maximum absolute atomic E-state index is 13.1. The minimum atomic E-state index is -0.721. The van der Waals surface area contributed by atoms with Crippen molar-refractivity contribution in [3.05, 3.63) is 48.3 Å². The van der Waals surface area contributed by atoms with Crippen molar-refractivity contribution in [2.24, 2.45) is 0 Å². The van der Waals surface area contributed by atoms with Gasteiger partial charge in [-0.3, -0.25) is 0 Å². The highest BCUT2D eigenvalue weighted by molar-refractivity contribution is 5.32. The lowest BCUT2D eigenvalue weighted by molar-refractivity contribution is 0.00497. The molecule has 154 valence electrons. The van der Waals surface area contributed by atoms with Crippen LogP contribution in [0, 0.1) is 5.82 Å². The van der Waals surface area contributed by atoms with Crippen LogP contribution in [0.1, 0.15) is 0 Å². The van der Waals surface area contributed by atoms with Gasteiger partial charge in [0.1, 0.15) is 30.5 Å². The van der Waals surface area contributed by atoms with Crippen molar-refractivity contribution in [2.75, 3.05) is 52.9 Å². The molecule has 2 aromatic carbocycles. The van der Waals surface area contributed by atoms with Crippen LogP contribution in [-0.2, 0) is 14.2 Å². The molecule has 0 saturated carbocycles. The second kappa shape index (κ2) is 12.8. The Kier molecular flexibility index (Phi) is 9.92. The molecule has 28 heavy (non-hydrogen) atoms. The molecule has 0 fully saturated rings. The molecule has 0 aromatic heterocycles. The zero-order valence-electron chi connectivity index (χ0n) is 15.5. The number of benzene rings is 2. The molecule has 2 aromatic rings. The van der Waals surface area contributed by atoms with E-state index >= 15 is 0 Å². The highest BCUT2D eigenvalue weighted by Gasteiger charge is 2.02. The largest absolute Gasteiger partial charge is 0.508 e. The van der Waals surface area contributed by atoms with Gasteiger partial charge in [-0.2, -0.15) is 0 Å². The average molecular weight is 396 g/mol. The fourth-order valence-electron chi connectivity index (χ4n) is 2.10. The highest BCUT2D eigenvalue weighted by atomic mass is 19.1. The van der Waals surface area contributed by atoms with Crippen LogP contribution in [0.25, 0.3) is 0 Å². The Morgan fingerprint density at radius 2 is 1.07 bits per heavy atom. The van der Waals surface area contributed by atoms with Gasteiger partial charge in [0.2, 0.25) is 0 Å². The van der Waals surface area contributed by atoms with E-state index in [0.717, 1.165) is 6.07 Å². The molecule has 0 aliphatic heterocycles. The minimum Gasteiger partial charge on any atom is -0.508 e. The van der Waals surface area contributed by atoms with Crippen molar-refractivity contribution < 1.29 is 38.3 Å². The summed E-state index contributed by atoms with van der Waals surface area (Å²) >= 11 is 0. The van der Waals surface area contributed by atoms with Crippen LogP contribution in [-0.4, -0.2) is 63.1 Å². The van der Waals surface area contributed by atoms with Crippen molar-refractivity contribution in [3.8, 4) is 23.0 Å². The van der Waals surface area contributed by atoms with Crippen molar-refractivity contribution in [1.29, 1.82) is 0 Å². The molecule has 0 aliphatic rings. The number of phenols is 2. The summed E-state index contributed by atoms with van der Waals surface area (Å²) in [5, 5.41) is 18.2. The molecule has 2 rings (SSSR count). The Balaban J connectivity index is 1.35. The summed E-state index contributed by atoms with van der Waals surface area (Å²) < 4.78 is 40.0. The predicted molar refractivity (Wildman–Crippen MR) is 99.6 cm³/mol. The van der Waals surface area contributed by atoms with E-state index in [4.69, 9.17) is 33.9 Å². The summed E-state index contributed by atoms with van der Waals surface area (Å²) in [6.45, 7) is 3.22. The molecule has 0 radical (unpaired) electrons. The summed E-state index contributed by atoms with van der Waals surface area (Å²) in [6, 6.07) is 10.3. The molecular formula is C20H25FO7. The summed E-state index contributed by atoms with van der Waals surface area (Å²) in [7, 11) is 0. The smallest absolute Gasteiger partial charge is 0.168 e. The SMILES string of the molecule is Oc1ccc(OCCOCCOCCOCCOc2ccc(O)c(F)c2)cc1. The second-order valence-electron chi connectivity index (χ2n) is 5.64. The molecule has 0 saturated heterocycles. The van der Waals surface area contributed by atoms with Gasteiger partial charge < -0.3 is 33.9 Å². The number of phenolic OH excluding ortho intramolecular Hbond substituents is 2. The summed E-state index contributed by atoms with van der Waals surface area (Å²) in [4.78, 5) is 0. The minimum absolute atomic E-state index is 0.199. The summed E-state index contributed by atoms with van der Waals surface area (Å²) in [5.41, 5.74) is 0. The molecule has 7 nitrogen and oxygen atoms in total. The van der Waals surface area contributed by atoms with Crippen molar-refractivity contribution in [2.45, 2.75) is 0 Å². The third-order valence-electron chi connectivity index (χ3n) is 3.49. The van der Waals surface area contributed by atoms with Crippen LogP contribution in [0.5, 0.6) is 23.0 Å². The first-order chi connectivity index (χ1) is 13.6. The second-order valence-corrected chi connectivity index (χ2v) is 5.64. The zero-order chi connectivity index (χ0) is 20.0. The molecule has 0 atom stereocenters. The Hall–Kier alpha value is -2.55. The van der Waals surface area contributed by atoms with Crippen molar-refractivity contribution in [3.63, 3.8) is 0 Å². The number of hydrogen-bond donors (Lipinski definition) is 2. The molecule has 8 heteroatoms. The third kappa shape index (κ3) is 8.90. The maximum atomic E-state index is 13.1. The molecule has 0 unspecified atom stereocenters. The van der Waals surface area contributed by atoms with Gasteiger partial charge in [0, 0.05) is 6.07 Å². The Labute approximate surface area is 163 Å². The Morgan fingerprint density at radius 3 is 1.61 bits per heavy atom. The number of aromatic hydroxyl groups is 2. The topological polar surface area (TPSA) is 86.6 Å². The van der Waals surface area contributed by atoms with Gasteiger partial charge in [-0.15, -0.1) is 0 Å². The van der Waals surface area contributed by atoms with E-state index in [0.29, 0.717) is 57.7 Å². The molecule has 0 aliphatic carbocycles. The first-order valence-corrected chi connectivity index (χ1v) is 8.91. The van der Waals surface area contributed by atoms with Crippen LogP contribution in [0.4, 0.5) is 4.39 Å². The van der Waals surface area contributed by atoms with Gasteiger partial charge in [-0.1, -0.05) is 0 Å². The number of ether oxygens (including phenoxy) is 5. The first-order valence-electron chi connectivity index (χ1n) is 8.91. The Morgan fingerprint density at radius 1 is 0.607 bits per heavy atom. The molecule has 0 amide bonds. The van der Waals surface area contributed by atoms with E-state index in [1.165, 1.54) is 12.1 Å². The lowest BCUT2D eigenvalue weighted by Gasteiger charge is -2.09. The fourth-order valence-corrected chi connectivity index (χ4v) is 2.10. The van der Waals surface area contributed by atoms with Crippen LogP contribution in [0.15, 0.2) is 42.5 Å². The standard InChI is InChI=1S/C20H25FO7/c21-19-15-18(5-6-20(19)23)28-14-12-26-10-8-24-7-9-25-11-13-27-17-3-1-16(22)2-4-17/h1-6,15,22-23H,7-14H2. The highest BCUT2D eigenvalue weighted by Crippen LogP contribution is 2.20. The van der Waals surface area contributed by atoms with E-state index < -0.39 is 11.6 Å². The molecule has 0 bridgehead atoms. The lowest BCUT2D eigenvalue weighted by atomic mass is 10.3. The van der Waals surface area contributed by atoms with E-state index in [-0.39, 0.29) is 12.4 Å². The summed E-state index contributed by atoms with van der Waals surface area (Å²) in [6.07, 6.45) is 0. The van der Waals surface area contributed by atoms with Gasteiger partial charge >= 0.3 is 0 Å². The lowest BCUT2D eigenvalue weighted by Crippen LogP contribution is -2.14.